The molecule has 3 aromatic rings. The molecule has 0 bridgehead atoms. The molecule has 0 N–H and O–H groups in total. The number of ether oxygens (including phenoxy) is 1. The van der Waals surface area contributed by atoms with Crippen LogP contribution in [0.4, 0.5) is 11.4 Å². The van der Waals surface area contributed by atoms with Crippen LogP contribution in [0.5, 0.6) is 5.75 Å². The van der Waals surface area contributed by atoms with E-state index in [1.165, 1.54) is 10.0 Å². The van der Waals surface area contributed by atoms with Crippen molar-refractivity contribution in [1.82, 2.24) is 0 Å². The van der Waals surface area contributed by atoms with Gasteiger partial charge in [-0.3, -0.25) is 9.59 Å². The van der Waals surface area contributed by atoms with Gasteiger partial charge in [0.05, 0.1) is 29.8 Å². The number of benzene rings is 3. The van der Waals surface area contributed by atoms with Gasteiger partial charge in [0, 0.05) is 17.3 Å². The van der Waals surface area contributed by atoms with E-state index in [0.29, 0.717) is 35.2 Å². The highest BCUT2D eigenvalue weighted by Crippen LogP contribution is 2.45. The predicted molar refractivity (Wildman–Crippen MR) is 160 cm³/mol. The summed E-state index contributed by atoms with van der Waals surface area (Å²) in [5, 5.41) is 12.3. The summed E-state index contributed by atoms with van der Waals surface area (Å²) in [4.78, 5) is 28.3. The van der Waals surface area contributed by atoms with E-state index in [1.54, 1.807) is 0 Å². The molecule has 40 heavy (non-hydrogen) atoms. The minimum atomic E-state index is -0.658. The maximum absolute atomic E-state index is 14.2. The lowest BCUT2D eigenvalue weighted by Gasteiger charge is -2.30. The number of anilines is 2. The molecule has 2 heterocycles. The second-order valence-corrected chi connectivity index (χ2v) is 10.7. The van der Waals surface area contributed by atoms with Crippen LogP contribution in [-0.4, -0.2) is 29.8 Å². The molecule has 0 radical (unpaired) electrons. The molecule has 206 valence electrons. The number of hydrogen-bond donors (Lipinski definition) is 0. The SMILES string of the molecule is CCCCOc1ccccc1C(C1C(=O)N(c2ccc(C)cc2)N=C1C)C1C(=O)N(c2ccc(C)cc2)N=C1C. The number of hydrazone groups is 2. The number of hydrogen-bond acceptors (Lipinski definition) is 5. The van der Waals surface area contributed by atoms with Gasteiger partial charge in [-0.05, 0) is 70.0 Å². The van der Waals surface area contributed by atoms with E-state index < -0.39 is 17.8 Å². The normalized spacial score (nSPS) is 19.6. The molecule has 0 saturated heterocycles. The van der Waals surface area contributed by atoms with E-state index in [2.05, 4.69) is 6.92 Å². The molecule has 2 aliphatic rings. The van der Waals surface area contributed by atoms with Gasteiger partial charge in [-0.25, -0.2) is 10.0 Å². The van der Waals surface area contributed by atoms with E-state index in [1.807, 2.05) is 100 Å². The molecule has 2 unspecified atom stereocenters. The van der Waals surface area contributed by atoms with Crippen LogP contribution in [0, 0.1) is 25.7 Å². The Morgan fingerprint density at radius 2 is 1.20 bits per heavy atom. The van der Waals surface area contributed by atoms with E-state index in [-0.39, 0.29) is 11.8 Å². The summed E-state index contributed by atoms with van der Waals surface area (Å²) in [5.74, 6) is -1.50. The molecule has 5 rings (SSSR count). The highest BCUT2D eigenvalue weighted by Gasteiger charge is 2.50. The zero-order chi connectivity index (χ0) is 28.4. The van der Waals surface area contributed by atoms with E-state index in [9.17, 15) is 9.59 Å². The lowest BCUT2D eigenvalue weighted by molar-refractivity contribution is -0.122. The van der Waals surface area contributed by atoms with Gasteiger partial charge >= 0.3 is 0 Å². The lowest BCUT2D eigenvalue weighted by atomic mass is 9.72. The Balaban J connectivity index is 1.58. The minimum absolute atomic E-state index is 0.163. The number of amides is 2. The third-order valence-corrected chi connectivity index (χ3v) is 7.67. The van der Waals surface area contributed by atoms with Gasteiger partial charge in [-0.1, -0.05) is 66.9 Å². The molecule has 2 atom stereocenters. The standard InChI is InChI=1S/C33H36N4O3/c1-6-7-20-40-28-11-9-8-10-27(28)31(29-23(4)34-36(32(29)38)25-16-12-21(2)13-17-25)30-24(5)35-37(33(30)39)26-18-14-22(3)15-19-26/h8-19,29-31H,6-7,20H2,1-5H3. The van der Waals surface area contributed by atoms with E-state index in [4.69, 9.17) is 14.9 Å². The van der Waals surface area contributed by atoms with Crippen LogP contribution in [0.2, 0.25) is 0 Å². The minimum Gasteiger partial charge on any atom is -0.493 e. The van der Waals surface area contributed by atoms with Crippen molar-refractivity contribution in [2.75, 3.05) is 16.6 Å². The van der Waals surface area contributed by atoms with Crippen molar-refractivity contribution in [3.05, 3.63) is 89.5 Å². The van der Waals surface area contributed by atoms with Gasteiger partial charge in [-0.15, -0.1) is 0 Å². The molecule has 7 heteroatoms. The molecule has 2 aliphatic heterocycles. The number of nitrogens with zero attached hydrogens (tertiary/aromatic N) is 4. The number of carbonyl (C=O) groups excluding carboxylic acids is 2. The van der Waals surface area contributed by atoms with E-state index in [0.717, 1.165) is 29.5 Å². The Bertz CT molecular complexity index is 1370. The van der Waals surface area contributed by atoms with Crippen LogP contribution in [0.1, 0.15) is 56.2 Å². The maximum atomic E-state index is 14.2. The van der Waals surface area contributed by atoms with Crippen LogP contribution in [-0.2, 0) is 9.59 Å². The number of aryl methyl sites for hydroxylation is 2. The molecule has 0 aromatic heterocycles. The van der Waals surface area contributed by atoms with Crippen molar-refractivity contribution in [2.24, 2.45) is 22.0 Å². The molecule has 2 amide bonds. The van der Waals surface area contributed by atoms with Gasteiger partial charge < -0.3 is 4.74 Å². The maximum Gasteiger partial charge on any atom is 0.256 e. The molecular weight excluding hydrogens is 500 g/mol. The van der Waals surface area contributed by atoms with Crippen molar-refractivity contribution in [1.29, 1.82) is 0 Å². The lowest BCUT2D eigenvalue weighted by Crippen LogP contribution is -2.40. The topological polar surface area (TPSA) is 74.6 Å². The summed E-state index contributed by atoms with van der Waals surface area (Å²) in [6, 6.07) is 23.2. The summed E-state index contributed by atoms with van der Waals surface area (Å²) in [6.45, 7) is 10.4. The van der Waals surface area contributed by atoms with Crippen LogP contribution < -0.4 is 14.8 Å². The monoisotopic (exact) mass is 536 g/mol. The third-order valence-electron chi connectivity index (χ3n) is 7.67. The second kappa shape index (κ2) is 11.5. The van der Waals surface area contributed by atoms with Gasteiger partial charge in [0.25, 0.3) is 11.8 Å². The summed E-state index contributed by atoms with van der Waals surface area (Å²) >= 11 is 0. The zero-order valence-electron chi connectivity index (χ0n) is 23.8. The summed E-state index contributed by atoms with van der Waals surface area (Å²) in [5.41, 5.74) is 5.74. The molecule has 0 spiro atoms. The second-order valence-electron chi connectivity index (χ2n) is 10.7. The van der Waals surface area contributed by atoms with Crippen LogP contribution in [0.3, 0.4) is 0 Å². The summed E-state index contributed by atoms with van der Waals surface area (Å²) < 4.78 is 6.24. The van der Waals surface area contributed by atoms with Crippen LogP contribution in [0.25, 0.3) is 0 Å². The summed E-state index contributed by atoms with van der Waals surface area (Å²) in [6.07, 6.45) is 1.91. The molecule has 0 fully saturated rings. The Kier molecular flexibility index (Phi) is 7.83. The van der Waals surface area contributed by atoms with Crippen molar-refractivity contribution in [3.63, 3.8) is 0 Å². The largest absolute Gasteiger partial charge is 0.493 e. The Hall–Kier alpha value is -4.26. The smallest absolute Gasteiger partial charge is 0.256 e. The first-order valence-corrected chi connectivity index (χ1v) is 13.9. The number of carbonyl (C=O) groups is 2. The fourth-order valence-electron chi connectivity index (χ4n) is 5.49. The van der Waals surface area contributed by atoms with Gasteiger partial charge in [0.1, 0.15) is 5.75 Å². The van der Waals surface area contributed by atoms with Crippen LogP contribution >= 0.6 is 0 Å². The van der Waals surface area contributed by atoms with Gasteiger partial charge in [0.15, 0.2) is 0 Å². The molecule has 7 nitrogen and oxygen atoms in total. The fraction of sp³-hybridized carbons (Fsp3) is 0.333. The zero-order valence-corrected chi connectivity index (χ0v) is 23.8. The first kappa shape index (κ1) is 27.3. The Morgan fingerprint density at radius 3 is 1.68 bits per heavy atom. The van der Waals surface area contributed by atoms with Crippen molar-refractivity contribution in [3.8, 4) is 5.75 Å². The van der Waals surface area contributed by atoms with Crippen molar-refractivity contribution >= 4 is 34.6 Å². The molecular formula is C33H36N4O3. The average Bonchev–Trinajstić information content (AvgIpc) is 3.41. The number of unbranched alkanes of at least 4 members (excludes halogenated alkanes) is 1. The van der Waals surface area contributed by atoms with Gasteiger partial charge in [-0.2, -0.15) is 10.2 Å². The quantitative estimate of drug-likeness (QED) is 0.288. The molecule has 0 saturated carbocycles. The van der Waals surface area contributed by atoms with Crippen LogP contribution in [0.15, 0.2) is 83.0 Å². The summed E-state index contributed by atoms with van der Waals surface area (Å²) in [7, 11) is 0. The highest BCUT2D eigenvalue weighted by molar-refractivity contribution is 6.19. The first-order valence-electron chi connectivity index (χ1n) is 13.9. The van der Waals surface area contributed by atoms with E-state index >= 15 is 0 Å². The average molecular weight is 537 g/mol. The Morgan fingerprint density at radius 1 is 0.725 bits per heavy atom. The predicted octanol–water partition coefficient (Wildman–Crippen LogP) is 6.64. The number of para-hydroxylation sites is 1. The van der Waals surface area contributed by atoms with Crippen molar-refractivity contribution in [2.45, 2.75) is 53.4 Å². The third kappa shape index (κ3) is 5.16. The van der Waals surface area contributed by atoms with Crippen molar-refractivity contribution < 1.29 is 14.3 Å². The molecule has 3 aromatic carbocycles. The van der Waals surface area contributed by atoms with Gasteiger partial charge in [0.2, 0.25) is 0 Å². The Labute approximate surface area is 236 Å². The highest BCUT2D eigenvalue weighted by atomic mass is 16.5. The first-order chi connectivity index (χ1) is 19.3. The number of rotatable bonds is 9. The molecule has 0 aliphatic carbocycles. The fourth-order valence-corrected chi connectivity index (χ4v) is 5.49.